The monoisotopic (exact) mass is 303 g/mol. The fourth-order valence-electron chi connectivity index (χ4n) is 1.62. The predicted molar refractivity (Wildman–Crippen MR) is 72.3 cm³/mol. The molecule has 0 aliphatic carbocycles. The van der Waals surface area contributed by atoms with Crippen molar-refractivity contribution < 1.29 is 27.1 Å². The van der Waals surface area contributed by atoms with Gasteiger partial charge in [-0.3, -0.25) is 0 Å². The molecule has 0 radical (unpaired) electrons. The molecule has 2 atom stereocenters. The number of benzene rings is 1. The molecule has 3 nitrogen and oxygen atoms in total. The first-order chi connectivity index (χ1) is 9.74. The molecule has 1 aromatic carbocycles. The Morgan fingerprint density at radius 2 is 1.90 bits per heavy atom. The number of carbonyl (C=O) groups is 1. The average molecular weight is 303 g/mol. The average Bonchev–Trinajstić information content (AvgIpc) is 2.43. The van der Waals surface area contributed by atoms with Crippen molar-refractivity contribution in [2.45, 2.75) is 24.6 Å². The van der Waals surface area contributed by atoms with E-state index >= 15 is 0 Å². The number of halogens is 4. The normalized spacial score (nSPS) is 14.3. The van der Waals surface area contributed by atoms with Gasteiger partial charge in [0.05, 0.1) is 17.7 Å². The lowest BCUT2D eigenvalue weighted by Gasteiger charge is -2.13. The number of esters is 1. The highest BCUT2D eigenvalue weighted by Gasteiger charge is 2.30. The summed E-state index contributed by atoms with van der Waals surface area (Å²) >= 11 is 0. The van der Waals surface area contributed by atoms with Crippen molar-refractivity contribution in [1.29, 1.82) is 5.41 Å². The first-order valence-electron chi connectivity index (χ1n) is 6.23. The van der Waals surface area contributed by atoms with Gasteiger partial charge in [0, 0.05) is 6.21 Å². The van der Waals surface area contributed by atoms with Crippen LogP contribution in [-0.4, -0.2) is 32.8 Å². The van der Waals surface area contributed by atoms with E-state index in [1.165, 1.54) is 0 Å². The lowest BCUT2D eigenvalue weighted by Crippen LogP contribution is -2.15. The zero-order valence-electron chi connectivity index (χ0n) is 11.3. The van der Waals surface area contributed by atoms with Crippen LogP contribution in [0.1, 0.15) is 22.3 Å². The van der Waals surface area contributed by atoms with Gasteiger partial charge in [-0.2, -0.15) is 13.2 Å². The van der Waals surface area contributed by atoms with E-state index in [1.807, 2.05) is 0 Å². The molecule has 0 aliphatic rings. The van der Waals surface area contributed by atoms with Crippen LogP contribution in [0.4, 0.5) is 17.6 Å². The Bertz CT molecular complexity index is 490. The van der Waals surface area contributed by atoms with Gasteiger partial charge in [0.15, 0.2) is 0 Å². The molecule has 0 bridgehead atoms. The number of hydrogen-bond donors (Lipinski definition) is 1. The van der Waals surface area contributed by atoms with Crippen LogP contribution in [0.3, 0.4) is 0 Å². The van der Waals surface area contributed by atoms with Gasteiger partial charge in [-0.25, -0.2) is 9.18 Å². The largest absolute Gasteiger partial charge is 0.463 e. The lowest BCUT2D eigenvalue weighted by molar-refractivity contribution is -0.137. The highest BCUT2D eigenvalue weighted by Crippen LogP contribution is 2.29. The number of hydrogen-bond acceptors (Lipinski definition) is 3. The predicted octanol–water partition coefficient (Wildman–Crippen LogP) is 2.66. The van der Waals surface area contributed by atoms with E-state index < -0.39 is 23.9 Å². The van der Waals surface area contributed by atoms with Crippen LogP contribution in [-0.2, 0) is 10.9 Å². The SMILES string of the molecule is B[C@@H](COC(=O)c1ccc(C(F)(F)F)cc1)C[C@H](F)C=N. The molecule has 21 heavy (non-hydrogen) atoms. The molecular formula is C13H14BF4NO2. The number of alkyl halides is 4. The van der Waals surface area contributed by atoms with Gasteiger partial charge >= 0.3 is 12.1 Å². The Balaban J connectivity index is 2.54. The lowest BCUT2D eigenvalue weighted by atomic mass is 9.84. The first kappa shape index (κ1) is 17.2. The van der Waals surface area contributed by atoms with E-state index in [9.17, 15) is 22.4 Å². The number of nitrogens with one attached hydrogen (secondary N) is 1. The second-order valence-electron chi connectivity index (χ2n) is 4.70. The number of ether oxygens (including phenoxy) is 1. The van der Waals surface area contributed by atoms with Gasteiger partial charge < -0.3 is 10.1 Å². The minimum Gasteiger partial charge on any atom is -0.463 e. The minimum atomic E-state index is -4.46. The molecular weight excluding hydrogens is 289 g/mol. The summed E-state index contributed by atoms with van der Waals surface area (Å²) in [5, 5.41) is 6.72. The zero-order valence-corrected chi connectivity index (χ0v) is 11.3. The first-order valence-corrected chi connectivity index (χ1v) is 6.23. The van der Waals surface area contributed by atoms with Gasteiger partial charge in [0.1, 0.15) is 14.0 Å². The second-order valence-corrected chi connectivity index (χ2v) is 4.70. The smallest absolute Gasteiger partial charge is 0.416 e. The van der Waals surface area contributed by atoms with E-state index in [1.54, 1.807) is 7.85 Å². The van der Waals surface area contributed by atoms with Gasteiger partial charge in [0.25, 0.3) is 0 Å². The Morgan fingerprint density at radius 3 is 2.38 bits per heavy atom. The molecule has 0 spiro atoms. The molecule has 1 rings (SSSR count). The summed E-state index contributed by atoms with van der Waals surface area (Å²) in [7, 11) is 1.65. The maximum absolute atomic E-state index is 12.9. The fraction of sp³-hybridized carbons (Fsp3) is 0.385. The molecule has 0 unspecified atom stereocenters. The van der Waals surface area contributed by atoms with Gasteiger partial charge in [-0.05, 0) is 36.5 Å². The Labute approximate surface area is 120 Å². The topological polar surface area (TPSA) is 50.2 Å². The van der Waals surface area contributed by atoms with Crippen molar-refractivity contribution in [1.82, 2.24) is 0 Å². The van der Waals surface area contributed by atoms with Crippen molar-refractivity contribution in [3.63, 3.8) is 0 Å². The van der Waals surface area contributed by atoms with Crippen LogP contribution in [0.2, 0.25) is 5.82 Å². The van der Waals surface area contributed by atoms with E-state index in [0.717, 1.165) is 24.3 Å². The quantitative estimate of drug-likeness (QED) is 0.380. The maximum Gasteiger partial charge on any atom is 0.416 e. The standard InChI is InChI=1S/C13H14BF4NO2/c14-10(5-11(15)6-19)7-21-12(20)8-1-3-9(4-2-8)13(16,17)18/h1-4,6,10-11,19H,5,7,14H2/t10-,11+/m1/s1. The van der Waals surface area contributed by atoms with Crippen molar-refractivity contribution in [3.05, 3.63) is 35.4 Å². The highest BCUT2D eigenvalue weighted by atomic mass is 19.4. The van der Waals surface area contributed by atoms with Crippen LogP contribution in [0.15, 0.2) is 24.3 Å². The van der Waals surface area contributed by atoms with E-state index in [-0.39, 0.29) is 24.4 Å². The summed E-state index contributed by atoms with van der Waals surface area (Å²) in [6.45, 7) is -0.0614. The van der Waals surface area contributed by atoms with Crippen LogP contribution in [0.5, 0.6) is 0 Å². The summed E-state index contributed by atoms with van der Waals surface area (Å²) in [6, 6.07) is 3.66. The van der Waals surface area contributed by atoms with Crippen molar-refractivity contribution in [2.24, 2.45) is 0 Å². The molecule has 0 aliphatic heterocycles. The summed E-state index contributed by atoms with van der Waals surface area (Å²) in [4.78, 5) is 11.6. The zero-order chi connectivity index (χ0) is 16.0. The molecule has 0 fully saturated rings. The van der Waals surface area contributed by atoms with Gasteiger partial charge in [0.2, 0.25) is 0 Å². The van der Waals surface area contributed by atoms with E-state index in [4.69, 9.17) is 10.1 Å². The van der Waals surface area contributed by atoms with E-state index in [2.05, 4.69) is 0 Å². The molecule has 0 aromatic heterocycles. The summed E-state index contributed by atoms with van der Waals surface area (Å²) in [5.41, 5.74) is -0.849. The third-order valence-corrected chi connectivity index (χ3v) is 2.76. The number of rotatable bonds is 6. The molecule has 1 N–H and O–H groups in total. The van der Waals surface area contributed by atoms with Crippen molar-refractivity contribution in [2.75, 3.05) is 6.61 Å². The van der Waals surface area contributed by atoms with Crippen molar-refractivity contribution in [3.8, 4) is 0 Å². The molecule has 0 saturated heterocycles. The van der Waals surface area contributed by atoms with Crippen LogP contribution < -0.4 is 0 Å². The number of carbonyl (C=O) groups excluding carboxylic acids is 1. The summed E-state index contributed by atoms with van der Waals surface area (Å²) in [6.07, 6.45) is -5.15. The fourth-order valence-corrected chi connectivity index (χ4v) is 1.62. The summed E-state index contributed by atoms with van der Waals surface area (Å²) in [5.74, 6) is -1.05. The highest BCUT2D eigenvalue weighted by molar-refractivity contribution is 6.12. The molecule has 0 saturated carbocycles. The van der Waals surface area contributed by atoms with Crippen LogP contribution >= 0.6 is 0 Å². The molecule has 114 valence electrons. The minimum absolute atomic E-state index is 0.000877. The molecule has 0 amide bonds. The third-order valence-electron chi connectivity index (χ3n) is 2.76. The van der Waals surface area contributed by atoms with Gasteiger partial charge in [-0.15, -0.1) is 0 Å². The summed E-state index contributed by atoms with van der Waals surface area (Å²) < 4.78 is 54.9. The Kier molecular flexibility index (Phi) is 5.93. The van der Waals surface area contributed by atoms with Crippen LogP contribution in [0.25, 0.3) is 0 Å². The molecule has 8 heteroatoms. The maximum atomic E-state index is 12.9. The Morgan fingerprint density at radius 1 is 1.33 bits per heavy atom. The van der Waals surface area contributed by atoms with Gasteiger partial charge in [-0.1, -0.05) is 0 Å². The third kappa shape index (κ3) is 5.57. The van der Waals surface area contributed by atoms with E-state index in [0.29, 0.717) is 6.21 Å². The van der Waals surface area contributed by atoms with Crippen molar-refractivity contribution >= 4 is 20.0 Å². The second kappa shape index (κ2) is 7.24. The molecule has 0 heterocycles. The van der Waals surface area contributed by atoms with Crippen LogP contribution in [0, 0.1) is 5.41 Å². The molecule has 1 aromatic rings. The Hall–Kier alpha value is -1.86.